The maximum Gasteiger partial charge on any atom is 0.243 e. The van der Waals surface area contributed by atoms with Crippen molar-refractivity contribution >= 4 is 39.5 Å². The van der Waals surface area contributed by atoms with E-state index in [2.05, 4.69) is 21.2 Å². The first kappa shape index (κ1) is 26.0. The summed E-state index contributed by atoms with van der Waals surface area (Å²) < 4.78 is 0.976. The maximum atomic E-state index is 13.6. The number of amides is 2. The van der Waals surface area contributed by atoms with Crippen molar-refractivity contribution in [2.75, 3.05) is 5.75 Å². The molecule has 4 nitrogen and oxygen atoms in total. The SMILES string of the molecule is CC[C@H](C)NC(=O)[C@H](Cc1ccccc1)N(Cc1ccc(Br)cc1)C(=O)CSc1ccccc1. The Morgan fingerprint density at radius 1 is 0.912 bits per heavy atom. The van der Waals surface area contributed by atoms with Crippen LogP contribution in [0.25, 0.3) is 0 Å². The average Bonchev–Trinajstić information content (AvgIpc) is 2.87. The van der Waals surface area contributed by atoms with E-state index in [1.54, 1.807) is 4.90 Å². The van der Waals surface area contributed by atoms with Gasteiger partial charge < -0.3 is 10.2 Å². The third-order valence-corrected chi connectivity index (χ3v) is 7.17. The van der Waals surface area contributed by atoms with Gasteiger partial charge >= 0.3 is 0 Å². The lowest BCUT2D eigenvalue weighted by Crippen LogP contribution is -2.52. The van der Waals surface area contributed by atoms with E-state index in [-0.39, 0.29) is 23.6 Å². The molecule has 0 fully saturated rings. The van der Waals surface area contributed by atoms with Crippen LogP contribution < -0.4 is 5.32 Å². The molecule has 34 heavy (non-hydrogen) atoms. The van der Waals surface area contributed by atoms with Gasteiger partial charge in [-0.15, -0.1) is 11.8 Å². The topological polar surface area (TPSA) is 49.4 Å². The van der Waals surface area contributed by atoms with Crippen LogP contribution in [-0.4, -0.2) is 34.6 Å². The molecule has 3 rings (SSSR count). The highest BCUT2D eigenvalue weighted by atomic mass is 79.9. The molecule has 0 spiro atoms. The molecule has 1 N–H and O–H groups in total. The predicted octanol–water partition coefficient (Wildman–Crippen LogP) is 6.10. The highest BCUT2D eigenvalue weighted by Gasteiger charge is 2.30. The number of carbonyl (C=O) groups excluding carboxylic acids is 2. The molecule has 0 unspecified atom stereocenters. The van der Waals surface area contributed by atoms with Gasteiger partial charge in [0.15, 0.2) is 0 Å². The van der Waals surface area contributed by atoms with Crippen molar-refractivity contribution in [3.05, 3.63) is 101 Å². The number of carbonyl (C=O) groups is 2. The van der Waals surface area contributed by atoms with Gasteiger partial charge in [0.05, 0.1) is 5.75 Å². The lowest BCUT2D eigenvalue weighted by atomic mass is 10.0. The van der Waals surface area contributed by atoms with Crippen molar-refractivity contribution in [2.24, 2.45) is 0 Å². The molecule has 178 valence electrons. The molecule has 0 aliphatic carbocycles. The zero-order valence-corrected chi connectivity index (χ0v) is 22.0. The summed E-state index contributed by atoms with van der Waals surface area (Å²) >= 11 is 4.97. The summed E-state index contributed by atoms with van der Waals surface area (Å²) in [6.07, 6.45) is 1.29. The van der Waals surface area contributed by atoms with Gasteiger partial charge in [0.2, 0.25) is 11.8 Å². The third kappa shape index (κ3) is 8.03. The van der Waals surface area contributed by atoms with Crippen LogP contribution >= 0.6 is 27.7 Å². The highest BCUT2D eigenvalue weighted by molar-refractivity contribution is 9.10. The molecule has 0 aliphatic heterocycles. The van der Waals surface area contributed by atoms with Gasteiger partial charge in [-0.3, -0.25) is 9.59 Å². The third-order valence-electron chi connectivity index (χ3n) is 5.64. The second-order valence-electron chi connectivity index (χ2n) is 8.27. The number of nitrogens with zero attached hydrogens (tertiary/aromatic N) is 1. The van der Waals surface area contributed by atoms with Crippen molar-refractivity contribution in [2.45, 2.75) is 50.2 Å². The van der Waals surface area contributed by atoms with E-state index in [1.807, 2.05) is 98.8 Å². The maximum absolute atomic E-state index is 13.6. The van der Waals surface area contributed by atoms with Crippen LogP contribution in [0.1, 0.15) is 31.4 Å². The summed E-state index contributed by atoms with van der Waals surface area (Å²) in [5.41, 5.74) is 2.01. The standard InChI is InChI=1S/C28H31BrN2O2S/c1-3-21(2)30-28(33)26(18-22-10-6-4-7-11-22)31(19-23-14-16-24(29)17-15-23)27(32)20-34-25-12-8-5-9-13-25/h4-17,21,26H,3,18-20H2,1-2H3,(H,30,33)/t21-,26-/m0/s1. The van der Waals surface area contributed by atoms with Gasteiger partial charge in [-0.2, -0.15) is 0 Å². The van der Waals surface area contributed by atoms with Crippen LogP contribution in [0.2, 0.25) is 0 Å². The van der Waals surface area contributed by atoms with Gasteiger partial charge in [0.1, 0.15) is 6.04 Å². The van der Waals surface area contributed by atoms with Crippen molar-refractivity contribution in [3.8, 4) is 0 Å². The second-order valence-corrected chi connectivity index (χ2v) is 10.2. The number of hydrogen-bond acceptors (Lipinski definition) is 3. The molecule has 0 aromatic heterocycles. The van der Waals surface area contributed by atoms with Crippen molar-refractivity contribution in [1.29, 1.82) is 0 Å². The fourth-order valence-electron chi connectivity index (χ4n) is 3.53. The Morgan fingerprint density at radius 2 is 1.53 bits per heavy atom. The lowest BCUT2D eigenvalue weighted by molar-refractivity contribution is -0.139. The molecular formula is C28H31BrN2O2S. The average molecular weight is 540 g/mol. The van der Waals surface area contributed by atoms with Crippen LogP contribution in [0.3, 0.4) is 0 Å². The Hall–Kier alpha value is -2.57. The Balaban J connectivity index is 1.90. The molecule has 3 aromatic rings. The lowest BCUT2D eigenvalue weighted by Gasteiger charge is -2.32. The second kappa shape index (κ2) is 13.4. The Kier molecular flexibility index (Phi) is 10.2. The van der Waals surface area contributed by atoms with E-state index in [0.717, 1.165) is 26.9 Å². The molecule has 0 saturated carbocycles. The van der Waals surface area contributed by atoms with E-state index in [4.69, 9.17) is 0 Å². The van der Waals surface area contributed by atoms with Gasteiger partial charge in [0.25, 0.3) is 0 Å². The van der Waals surface area contributed by atoms with Crippen molar-refractivity contribution in [1.82, 2.24) is 10.2 Å². The minimum absolute atomic E-state index is 0.0362. The molecule has 0 aliphatic rings. The molecule has 0 saturated heterocycles. The van der Waals surface area contributed by atoms with Crippen LogP contribution in [0.5, 0.6) is 0 Å². The summed E-state index contributed by atoms with van der Waals surface area (Å²) in [6.45, 7) is 4.40. The number of thioether (sulfide) groups is 1. The van der Waals surface area contributed by atoms with E-state index in [0.29, 0.717) is 13.0 Å². The fraction of sp³-hybridized carbons (Fsp3) is 0.286. The minimum atomic E-state index is -0.607. The van der Waals surface area contributed by atoms with Crippen molar-refractivity contribution < 1.29 is 9.59 Å². The number of benzene rings is 3. The van der Waals surface area contributed by atoms with Gasteiger partial charge in [-0.1, -0.05) is 83.5 Å². The van der Waals surface area contributed by atoms with Gasteiger partial charge in [-0.25, -0.2) is 0 Å². The Bertz CT molecular complexity index is 1050. The minimum Gasteiger partial charge on any atom is -0.352 e. The van der Waals surface area contributed by atoms with E-state index in [1.165, 1.54) is 11.8 Å². The molecule has 0 radical (unpaired) electrons. The van der Waals surface area contributed by atoms with Gasteiger partial charge in [-0.05, 0) is 48.7 Å². The zero-order valence-electron chi connectivity index (χ0n) is 19.6. The monoisotopic (exact) mass is 538 g/mol. The first-order valence-corrected chi connectivity index (χ1v) is 13.3. The first-order valence-electron chi connectivity index (χ1n) is 11.5. The molecule has 2 amide bonds. The largest absolute Gasteiger partial charge is 0.352 e. The smallest absolute Gasteiger partial charge is 0.243 e. The van der Waals surface area contributed by atoms with E-state index in [9.17, 15) is 9.59 Å². The molecule has 3 aromatic carbocycles. The molecule has 0 heterocycles. The quantitative estimate of drug-likeness (QED) is 0.300. The molecule has 2 atom stereocenters. The molecule has 0 bridgehead atoms. The number of rotatable bonds is 11. The normalized spacial score (nSPS) is 12.6. The predicted molar refractivity (Wildman–Crippen MR) is 144 cm³/mol. The van der Waals surface area contributed by atoms with Crippen molar-refractivity contribution in [3.63, 3.8) is 0 Å². The zero-order chi connectivity index (χ0) is 24.3. The van der Waals surface area contributed by atoms with Gasteiger partial charge in [0, 0.05) is 28.4 Å². The summed E-state index contributed by atoms with van der Waals surface area (Å²) in [7, 11) is 0. The number of halogens is 1. The summed E-state index contributed by atoms with van der Waals surface area (Å²) in [5.74, 6) is 0.0907. The summed E-state index contributed by atoms with van der Waals surface area (Å²) in [5, 5.41) is 3.11. The van der Waals surface area contributed by atoms with Crippen LogP contribution in [0.4, 0.5) is 0 Å². The number of hydrogen-bond donors (Lipinski definition) is 1. The van der Waals surface area contributed by atoms with E-state index < -0.39 is 6.04 Å². The number of nitrogens with one attached hydrogen (secondary N) is 1. The highest BCUT2D eigenvalue weighted by Crippen LogP contribution is 2.21. The summed E-state index contributed by atoms with van der Waals surface area (Å²) in [4.78, 5) is 29.8. The fourth-order valence-corrected chi connectivity index (χ4v) is 4.60. The molecular weight excluding hydrogens is 508 g/mol. The molecule has 6 heteroatoms. The Morgan fingerprint density at radius 3 is 2.15 bits per heavy atom. The first-order chi connectivity index (χ1) is 16.5. The van der Waals surface area contributed by atoms with Crippen LogP contribution in [-0.2, 0) is 22.6 Å². The van der Waals surface area contributed by atoms with Crippen LogP contribution in [0, 0.1) is 0 Å². The van der Waals surface area contributed by atoms with Crippen LogP contribution in [0.15, 0.2) is 94.3 Å². The summed E-state index contributed by atoms with van der Waals surface area (Å²) in [6, 6.07) is 27.1. The Labute approximate surface area is 215 Å². The van der Waals surface area contributed by atoms with E-state index >= 15 is 0 Å².